The number of pyridine rings is 1. The van der Waals surface area contributed by atoms with E-state index in [1.165, 1.54) is 13.2 Å². The second kappa shape index (κ2) is 7.04. The van der Waals surface area contributed by atoms with Gasteiger partial charge in [-0.3, -0.25) is 4.98 Å². The van der Waals surface area contributed by atoms with E-state index in [9.17, 15) is 13.2 Å². The molecule has 1 atom stereocenters. The van der Waals surface area contributed by atoms with Crippen molar-refractivity contribution in [1.29, 1.82) is 0 Å². The van der Waals surface area contributed by atoms with Gasteiger partial charge in [0.2, 0.25) is 0 Å². The normalized spacial score (nSPS) is 14.1. The molecule has 148 valence electrons. The van der Waals surface area contributed by atoms with Gasteiger partial charge in [-0.05, 0) is 64.5 Å². The maximum Gasteiger partial charge on any atom is 0.416 e. The summed E-state index contributed by atoms with van der Waals surface area (Å²) in [7, 11) is 3.46. The van der Waals surface area contributed by atoms with Gasteiger partial charge in [-0.15, -0.1) is 0 Å². The number of alkyl halides is 3. The average Bonchev–Trinajstić information content (AvgIpc) is 3.10. The fourth-order valence-electron chi connectivity index (χ4n) is 3.86. The molecule has 6 heteroatoms. The summed E-state index contributed by atoms with van der Waals surface area (Å²) >= 11 is 0. The van der Waals surface area contributed by atoms with Gasteiger partial charge in [-0.2, -0.15) is 13.2 Å². The molecule has 29 heavy (non-hydrogen) atoms. The minimum absolute atomic E-state index is 0.399. The Labute approximate surface area is 166 Å². The summed E-state index contributed by atoms with van der Waals surface area (Å²) in [6, 6.07) is 16.6. The van der Waals surface area contributed by atoms with Crippen LogP contribution in [0.2, 0.25) is 0 Å². The van der Waals surface area contributed by atoms with Gasteiger partial charge < -0.3 is 9.30 Å². The summed E-state index contributed by atoms with van der Waals surface area (Å²) < 4.78 is 48.3. The number of hydrogen-bond donors (Lipinski definition) is 0. The molecule has 2 aromatic heterocycles. The number of nitrogens with zero attached hydrogens (tertiary/aromatic N) is 2. The Morgan fingerprint density at radius 2 is 1.52 bits per heavy atom. The third-order valence-corrected chi connectivity index (χ3v) is 5.28. The Hall–Kier alpha value is -3.12. The van der Waals surface area contributed by atoms with Crippen LogP contribution in [0.4, 0.5) is 13.2 Å². The van der Waals surface area contributed by atoms with E-state index in [-0.39, 0.29) is 0 Å². The van der Waals surface area contributed by atoms with E-state index in [0.717, 1.165) is 28.6 Å². The summed E-state index contributed by atoms with van der Waals surface area (Å²) in [4.78, 5) is 4.05. The monoisotopic (exact) mass is 396 g/mol. The Bertz CT molecular complexity index is 1150. The predicted molar refractivity (Wildman–Crippen MR) is 105 cm³/mol. The molecule has 0 aliphatic carbocycles. The van der Waals surface area contributed by atoms with E-state index >= 15 is 0 Å². The van der Waals surface area contributed by atoms with Gasteiger partial charge in [0.1, 0.15) is 5.60 Å². The molecule has 0 spiro atoms. The van der Waals surface area contributed by atoms with Gasteiger partial charge >= 0.3 is 6.18 Å². The van der Waals surface area contributed by atoms with Crippen LogP contribution in [0.15, 0.2) is 79.3 Å². The van der Waals surface area contributed by atoms with Crippen molar-refractivity contribution in [2.45, 2.75) is 11.8 Å². The third-order valence-electron chi connectivity index (χ3n) is 5.28. The van der Waals surface area contributed by atoms with Crippen molar-refractivity contribution in [2.24, 2.45) is 7.05 Å². The topological polar surface area (TPSA) is 27.1 Å². The van der Waals surface area contributed by atoms with Gasteiger partial charge in [0.25, 0.3) is 0 Å². The van der Waals surface area contributed by atoms with Crippen molar-refractivity contribution >= 4 is 10.9 Å². The first-order valence-electron chi connectivity index (χ1n) is 9.05. The Balaban J connectivity index is 2.02. The van der Waals surface area contributed by atoms with E-state index in [4.69, 9.17) is 4.74 Å². The van der Waals surface area contributed by atoms with Crippen molar-refractivity contribution in [3.63, 3.8) is 0 Å². The van der Waals surface area contributed by atoms with Gasteiger partial charge in [0.15, 0.2) is 0 Å². The smallest absolute Gasteiger partial charge is 0.364 e. The summed E-state index contributed by atoms with van der Waals surface area (Å²) in [6.07, 6.45) is 0.715. The lowest BCUT2D eigenvalue weighted by Crippen LogP contribution is -2.32. The molecule has 2 aromatic carbocycles. The van der Waals surface area contributed by atoms with Gasteiger partial charge in [-0.25, -0.2) is 0 Å². The van der Waals surface area contributed by atoms with Crippen molar-refractivity contribution in [1.82, 2.24) is 9.55 Å². The molecule has 0 fully saturated rings. The van der Waals surface area contributed by atoms with Crippen molar-refractivity contribution in [3.05, 3.63) is 102 Å². The number of aromatic nitrogens is 2. The second-order valence-electron chi connectivity index (χ2n) is 6.90. The molecule has 4 rings (SSSR count). The molecule has 3 nitrogen and oxygen atoms in total. The minimum Gasteiger partial charge on any atom is -0.364 e. The van der Waals surface area contributed by atoms with Crippen LogP contribution in [0.1, 0.15) is 22.3 Å². The van der Waals surface area contributed by atoms with Crippen LogP contribution in [-0.4, -0.2) is 16.7 Å². The van der Waals surface area contributed by atoms with Crippen LogP contribution >= 0.6 is 0 Å². The molecule has 0 aliphatic rings. The molecule has 0 bridgehead atoms. The maximum absolute atomic E-state index is 13.4. The molecule has 0 amide bonds. The van der Waals surface area contributed by atoms with E-state index in [2.05, 4.69) is 4.98 Å². The maximum atomic E-state index is 13.4. The molecule has 0 saturated heterocycles. The van der Waals surface area contributed by atoms with Crippen LogP contribution in [0, 0.1) is 0 Å². The number of benzene rings is 2. The molecule has 0 aliphatic heterocycles. The first-order chi connectivity index (χ1) is 13.9. The number of ether oxygens (including phenoxy) is 1. The highest BCUT2D eigenvalue weighted by Gasteiger charge is 2.39. The number of methoxy groups -OCH3 is 1. The first kappa shape index (κ1) is 19.2. The molecule has 1 unspecified atom stereocenters. The number of aryl methyl sites for hydroxylation is 1. The highest BCUT2D eigenvalue weighted by atomic mass is 19.4. The molecule has 2 heterocycles. The largest absolute Gasteiger partial charge is 0.416 e. The van der Waals surface area contributed by atoms with Crippen LogP contribution in [0.3, 0.4) is 0 Å². The average molecular weight is 396 g/mol. The fraction of sp³-hybridized carbons (Fsp3) is 0.174. The second-order valence-corrected chi connectivity index (χ2v) is 6.90. The number of fused-ring (bicyclic) bond motifs is 1. The number of halogens is 3. The van der Waals surface area contributed by atoms with Gasteiger partial charge in [0.05, 0.1) is 5.56 Å². The minimum atomic E-state index is -4.45. The zero-order valence-electron chi connectivity index (χ0n) is 15.9. The predicted octanol–water partition coefficient (Wildman–Crippen LogP) is 5.53. The van der Waals surface area contributed by atoms with Gasteiger partial charge in [0, 0.05) is 38.3 Å². The standard InChI is InChI=1S/C23H19F3N2O/c1-28-13-10-16-14-19(6-7-21(16)28)22(29-2,17-8-11-27-12-9-17)18-4-3-5-20(15-18)23(24,25)26/h3-15H,1-2H3. The zero-order chi connectivity index (χ0) is 20.6. The lowest BCUT2D eigenvalue weighted by Gasteiger charge is -2.34. The molecular formula is C23H19F3N2O. The summed E-state index contributed by atoms with van der Waals surface area (Å²) in [5.41, 5.74) is 0.933. The zero-order valence-corrected chi connectivity index (χ0v) is 15.9. The van der Waals surface area contributed by atoms with Crippen LogP contribution < -0.4 is 0 Å². The lowest BCUT2D eigenvalue weighted by atomic mass is 9.79. The van der Waals surface area contributed by atoms with E-state index < -0.39 is 17.3 Å². The first-order valence-corrected chi connectivity index (χ1v) is 9.05. The molecule has 0 N–H and O–H groups in total. The summed E-state index contributed by atoms with van der Waals surface area (Å²) in [6.45, 7) is 0. The van der Waals surface area contributed by atoms with E-state index in [0.29, 0.717) is 11.1 Å². The number of hydrogen-bond acceptors (Lipinski definition) is 2. The van der Waals surface area contributed by atoms with Crippen molar-refractivity contribution < 1.29 is 17.9 Å². The molecule has 0 saturated carbocycles. The number of rotatable bonds is 4. The highest BCUT2D eigenvalue weighted by molar-refractivity contribution is 5.81. The third kappa shape index (κ3) is 3.19. The fourth-order valence-corrected chi connectivity index (χ4v) is 3.86. The SMILES string of the molecule is COC(c1ccncc1)(c1cccc(C(F)(F)F)c1)c1ccc2c(ccn2C)c1. The van der Waals surface area contributed by atoms with Crippen molar-refractivity contribution in [2.75, 3.05) is 7.11 Å². The highest BCUT2D eigenvalue weighted by Crippen LogP contribution is 2.42. The van der Waals surface area contributed by atoms with Crippen LogP contribution in [-0.2, 0) is 23.6 Å². The molecule has 4 aromatic rings. The summed E-state index contributed by atoms with van der Waals surface area (Å²) in [5.74, 6) is 0. The Kier molecular flexibility index (Phi) is 4.67. The Morgan fingerprint density at radius 1 is 0.828 bits per heavy atom. The van der Waals surface area contributed by atoms with E-state index in [1.807, 2.05) is 42.1 Å². The van der Waals surface area contributed by atoms with Crippen LogP contribution in [0.5, 0.6) is 0 Å². The van der Waals surface area contributed by atoms with E-state index in [1.54, 1.807) is 30.6 Å². The quantitative estimate of drug-likeness (QED) is 0.454. The molecular weight excluding hydrogens is 377 g/mol. The van der Waals surface area contributed by atoms with Crippen molar-refractivity contribution in [3.8, 4) is 0 Å². The van der Waals surface area contributed by atoms with Crippen LogP contribution in [0.25, 0.3) is 10.9 Å². The molecule has 0 radical (unpaired) electrons. The Morgan fingerprint density at radius 3 is 2.21 bits per heavy atom. The van der Waals surface area contributed by atoms with Gasteiger partial charge in [-0.1, -0.05) is 18.2 Å². The summed E-state index contributed by atoms with van der Waals surface area (Å²) in [5, 5.41) is 0.979. The lowest BCUT2D eigenvalue weighted by molar-refractivity contribution is -0.137.